The molecule has 9 heteroatoms. The van der Waals surface area contributed by atoms with Crippen molar-refractivity contribution in [1.82, 2.24) is 24.4 Å². The standard InChI is InChI=1S/C22H21FN6OS/c1-4-19-20-12-7-18(22(24)25-10-12)30-11(2)15-8-13(23)5-6-14(15)21-17(26-29(3)27-21)9-16(20)28-31-19/h5-8,10-11H,4,9H2,1-3H3,(H2,24,25). The van der Waals surface area contributed by atoms with Gasteiger partial charge >= 0.3 is 0 Å². The van der Waals surface area contributed by atoms with Crippen LogP contribution in [0.1, 0.15) is 41.8 Å². The molecule has 1 aliphatic rings. The molecule has 3 aromatic heterocycles. The van der Waals surface area contributed by atoms with Crippen LogP contribution in [0.5, 0.6) is 5.75 Å². The van der Waals surface area contributed by atoms with Gasteiger partial charge in [0.25, 0.3) is 0 Å². The van der Waals surface area contributed by atoms with E-state index in [-0.39, 0.29) is 11.6 Å². The van der Waals surface area contributed by atoms with Crippen LogP contribution in [0, 0.1) is 5.82 Å². The van der Waals surface area contributed by atoms with Crippen molar-refractivity contribution in [1.29, 1.82) is 0 Å². The van der Waals surface area contributed by atoms with Crippen molar-refractivity contribution in [3.05, 3.63) is 58.1 Å². The van der Waals surface area contributed by atoms with Gasteiger partial charge in [0, 0.05) is 46.8 Å². The van der Waals surface area contributed by atoms with Crippen LogP contribution in [0.3, 0.4) is 0 Å². The Balaban J connectivity index is 1.81. The molecule has 5 rings (SSSR count). The van der Waals surface area contributed by atoms with Gasteiger partial charge in [-0.1, -0.05) is 6.92 Å². The summed E-state index contributed by atoms with van der Waals surface area (Å²) in [5.74, 6) is 0.397. The maximum Gasteiger partial charge on any atom is 0.166 e. The van der Waals surface area contributed by atoms with Gasteiger partial charge in [0.1, 0.15) is 17.6 Å². The number of nitrogens with zero attached hydrogens (tertiary/aromatic N) is 5. The van der Waals surface area contributed by atoms with Crippen molar-refractivity contribution in [3.63, 3.8) is 0 Å². The predicted octanol–water partition coefficient (Wildman–Crippen LogP) is 4.33. The number of nitrogen functional groups attached to an aromatic ring is 1. The lowest BCUT2D eigenvalue weighted by molar-refractivity contribution is 0.227. The molecule has 0 saturated carbocycles. The number of benzene rings is 1. The van der Waals surface area contributed by atoms with Crippen molar-refractivity contribution in [2.24, 2.45) is 7.05 Å². The Labute approximate surface area is 182 Å². The van der Waals surface area contributed by atoms with Gasteiger partial charge in [0.05, 0.1) is 11.4 Å². The third kappa shape index (κ3) is 3.34. The van der Waals surface area contributed by atoms with E-state index in [2.05, 4.69) is 22.1 Å². The zero-order valence-corrected chi connectivity index (χ0v) is 18.2. The molecule has 0 saturated heterocycles. The number of fused-ring (bicyclic) bond motifs is 7. The number of anilines is 1. The predicted molar refractivity (Wildman–Crippen MR) is 117 cm³/mol. The largest absolute Gasteiger partial charge is 0.482 e. The first-order chi connectivity index (χ1) is 14.9. The molecule has 2 bridgehead atoms. The number of rotatable bonds is 1. The lowest BCUT2D eigenvalue weighted by Gasteiger charge is -2.20. The molecule has 1 unspecified atom stereocenters. The minimum absolute atomic E-state index is 0.286. The molecular formula is C22H21FN6OS. The van der Waals surface area contributed by atoms with Crippen molar-refractivity contribution < 1.29 is 9.13 Å². The van der Waals surface area contributed by atoms with Crippen LogP contribution in [0.4, 0.5) is 10.2 Å². The second-order valence-electron chi connectivity index (χ2n) is 7.54. The average molecular weight is 437 g/mol. The Hall–Kier alpha value is -3.33. The van der Waals surface area contributed by atoms with Crippen LogP contribution in [-0.2, 0) is 19.9 Å². The fourth-order valence-corrected chi connectivity index (χ4v) is 4.84. The minimum atomic E-state index is -0.481. The van der Waals surface area contributed by atoms with E-state index in [1.54, 1.807) is 19.3 Å². The fourth-order valence-electron chi connectivity index (χ4n) is 4.01. The van der Waals surface area contributed by atoms with E-state index in [0.717, 1.165) is 39.4 Å². The van der Waals surface area contributed by atoms with Gasteiger partial charge in [-0.2, -0.15) is 19.4 Å². The van der Waals surface area contributed by atoms with Crippen LogP contribution in [0.2, 0.25) is 0 Å². The molecule has 0 amide bonds. The molecule has 4 aromatic rings. The Morgan fingerprint density at radius 2 is 2.10 bits per heavy atom. The van der Waals surface area contributed by atoms with Gasteiger partial charge in [-0.25, -0.2) is 9.37 Å². The number of aromatic nitrogens is 5. The highest BCUT2D eigenvalue weighted by atomic mass is 32.1. The lowest BCUT2D eigenvalue weighted by atomic mass is 9.96. The summed E-state index contributed by atoms with van der Waals surface area (Å²) in [5, 5.41) is 9.20. The Bertz CT molecular complexity index is 1300. The van der Waals surface area contributed by atoms with Gasteiger partial charge in [0.2, 0.25) is 0 Å². The number of aryl methyl sites for hydroxylation is 2. The molecule has 158 valence electrons. The molecule has 1 aliphatic heterocycles. The van der Waals surface area contributed by atoms with Crippen molar-refractivity contribution in [2.75, 3.05) is 5.73 Å². The molecular weight excluding hydrogens is 415 g/mol. The molecule has 1 atom stereocenters. The number of hydrogen-bond acceptors (Lipinski definition) is 7. The van der Waals surface area contributed by atoms with Crippen LogP contribution >= 0.6 is 11.5 Å². The lowest BCUT2D eigenvalue weighted by Crippen LogP contribution is -2.09. The highest BCUT2D eigenvalue weighted by Crippen LogP contribution is 2.39. The smallest absolute Gasteiger partial charge is 0.166 e. The molecule has 0 fully saturated rings. The summed E-state index contributed by atoms with van der Waals surface area (Å²) in [7, 11) is 1.78. The third-order valence-electron chi connectivity index (χ3n) is 5.45. The molecule has 7 nitrogen and oxygen atoms in total. The topological polar surface area (TPSA) is 91.7 Å². The SMILES string of the molecule is CCc1snc2c1-c1cnc(N)c(c1)OC(C)c1cc(F)ccc1-c1nn(C)nc1C2. The van der Waals surface area contributed by atoms with E-state index in [1.165, 1.54) is 28.5 Å². The van der Waals surface area contributed by atoms with E-state index in [1.807, 2.05) is 13.0 Å². The summed E-state index contributed by atoms with van der Waals surface area (Å²) in [4.78, 5) is 7.06. The van der Waals surface area contributed by atoms with Crippen LogP contribution < -0.4 is 10.5 Å². The molecule has 0 spiro atoms. The van der Waals surface area contributed by atoms with Gasteiger partial charge in [-0.15, -0.1) is 0 Å². The Morgan fingerprint density at radius 1 is 1.26 bits per heavy atom. The van der Waals surface area contributed by atoms with Gasteiger partial charge in [-0.3, -0.25) is 0 Å². The van der Waals surface area contributed by atoms with E-state index in [0.29, 0.717) is 23.4 Å². The van der Waals surface area contributed by atoms with Gasteiger partial charge in [0.15, 0.2) is 11.6 Å². The quantitative estimate of drug-likeness (QED) is 0.478. The first-order valence-electron chi connectivity index (χ1n) is 10.0. The highest BCUT2D eigenvalue weighted by Gasteiger charge is 2.25. The van der Waals surface area contributed by atoms with Crippen LogP contribution in [-0.4, -0.2) is 24.4 Å². The minimum Gasteiger partial charge on any atom is -0.482 e. The Morgan fingerprint density at radius 3 is 2.90 bits per heavy atom. The maximum absolute atomic E-state index is 14.2. The molecule has 2 N–H and O–H groups in total. The normalized spacial score (nSPS) is 15.2. The first kappa shape index (κ1) is 19.6. The summed E-state index contributed by atoms with van der Waals surface area (Å²) in [6.45, 7) is 3.97. The molecule has 31 heavy (non-hydrogen) atoms. The summed E-state index contributed by atoms with van der Waals surface area (Å²) in [6.07, 6.45) is 2.61. The third-order valence-corrected chi connectivity index (χ3v) is 6.48. The number of hydrogen-bond donors (Lipinski definition) is 1. The number of halogens is 1. The van der Waals surface area contributed by atoms with E-state index in [9.17, 15) is 4.39 Å². The van der Waals surface area contributed by atoms with Crippen LogP contribution in [0.15, 0.2) is 30.5 Å². The van der Waals surface area contributed by atoms with Crippen molar-refractivity contribution in [3.8, 4) is 28.1 Å². The maximum atomic E-state index is 14.2. The monoisotopic (exact) mass is 436 g/mol. The van der Waals surface area contributed by atoms with E-state index < -0.39 is 6.10 Å². The highest BCUT2D eigenvalue weighted by molar-refractivity contribution is 7.06. The summed E-state index contributed by atoms with van der Waals surface area (Å²) in [6, 6.07) is 6.52. The molecule has 0 radical (unpaired) electrons. The average Bonchev–Trinajstić information content (AvgIpc) is 3.32. The summed E-state index contributed by atoms with van der Waals surface area (Å²) in [5.41, 5.74) is 11.9. The van der Waals surface area contributed by atoms with E-state index in [4.69, 9.17) is 14.8 Å². The Kier molecular flexibility index (Phi) is 4.70. The number of ether oxygens (including phenoxy) is 1. The summed E-state index contributed by atoms with van der Waals surface area (Å²) < 4.78 is 25.1. The van der Waals surface area contributed by atoms with Crippen LogP contribution in [0.25, 0.3) is 22.4 Å². The second kappa shape index (κ2) is 7.42. The fraction of sp³-hybridized carbons (Fsp3) is 0.273. The molecule has 0 aliphatic carbocycles. The van der Waals surface area contributed by atoms with Gasteiger partial charge < -0.3 is 10.5 Å². The molecule has 1 aromatic carbocycles. The van der Waals surface area contributed by atoms with Gasteiger partial charge in [-0.05, 0) is 49.1 Å². The zero-order chi connectivity index (χ0) is 21.7. The second-order valence-corrected chi connectivity index (χ2v) is 8.40. The number of nitrogens with two attached hydrogens (primary N) is 1. The molecule has 4 heterocycles. The summed E-state index contributed by atoms with van der Waals surface area (Å²) >= 11 is 1.48. The van der Waals surface area contributed by atoms with Crippen molar-refractivity contribution >= 4 is 17.4 Å². The first-order valence-corrected chi connectivity index (χ1v) is 10.8. The zero-order valence-electron chi connectivity index (χ0n) is 17.4. The number of pyridine rings is 1. The van der Waals surface area contributed by atoms with E-state index >= 15 is 0 Å². The van der Waals surface area contributed by atoms with Crippen molar-refractivity contribution in [2.45, 2.75) is 32.8 Å².